The first kappa shape index (κ1) is 15.8. The zero-order chi connectivity index (χ0) is 14.1. The van der Waals surface area contributed by atoms with Crippen molar-refractivity contribution in [1.82, 2.24) is 10.3 Å². The summed E-state index contributed by atoms with van der Waals surface area (Å²) in [6.07, 6.45) is 7.33. The minimum Gasteiger partial charge on any atom is -0.384 e. The van der Waals surface area contributed by atoms with E-state index in [9.17, 15) is 4.79 Å². The molecule has 1 heterocycles. The summed E-state index contributed by atoms with van der Waals surface area (Å²) < 4.78 is 0. The lowest BCUT2D eigenvalue weighted by atomic mass is 10.2. The Hall–Kier alpha value is -1.23. The Morgan fingerprint density at radius 1 is 1.47 bits per heavy atom. The monoisotopic (exact) mass is 281 g/mol. The van der Waals surface area contributed by atoms with Gasteiger partial charge in [-0.15, -0.1) is 0 Å². The van der Waals surface area contributed by atoms with E-state index in [1.807, 2.05) is 12.3 Å². The van der Waals surface area contributed by atoms with E-state index in [1.54, 1.807) is 24.2 Å². The smallest absolute Gasteiger partial charge is 0.255 e. The van der Waals surface area contributed by atoms with Gasteiger partial charge >= 0.3 is 0 Å². The maximum Gasteiger partial charge on any atom is 0.255 e. The second-order valence-corrected chi connectivity index (χ2v) is 5.29. The molecule has 0 saturated carbocycles. The summed E-state index contributed by atoms with van der Waals surface area (Å²) >= 11 is 1.74. The van der Waals surface area contributed by atoms with E-state index in [0.29, 0.717) is 5.56 Å². The van der Waals surface area contributed by atoms with Crippen LogP contribution in [0.5, 0.6) is 0 Å². The quantitative estimate of drug-likeness (QED) is 0.769. The summed E-state index contributed by atoms with van der Waals surface area (Å²) in [5.41, 5.74) is 1.48. The summed E-state index contributed by atoms with van der Waals surface area (Å²) in [4.78, 5) is 16.3. The van der Waals surface area contributed by atoms with Crippen molar-refractivity contribution in [2.45, 2.75) is 32.7 Å². The molecule has 2 N–H and O–H groups in total. The van der Waals surface area contributed by atoms with E-state index < -0.39 is 0 Å². The number of hydrogen-bond acceptors (Lipinski definition) is 4. The third-order valence-corrected chi connectivity index (χ3v) is 3.56. The van der Waals surface area contributed by atoms with Crippen LogP contribution in [0.15, 0.2) is 18.5 Å². The number of aromatic nitrogens is 1. The molecule has 0 spiro atoms. The van der Waals surface area contributed by atoms with Gasteiger partial charge < -0.3 is 10.6 Å². The summed E-state index contributed by atoms with van der Waals surface area (Å²) in [5, 5.41) is 6.32. The largest absolute Gasteiger partial charge is 0.384 e. The highest BCUT2D eigenvalue weighted by atomic mass is 32.2. The van der Waals surface area contributed by atoms with E-state index in [1.165, 1.54) is 0 Å². The SMILES string of the molecule is CCCNc1ccncc1C(=O)NC(CC)CSC. The molecule has 0 radical (unpaired) electrons. The molecule has 0 fully saturated rings. The topological polar surface area (TPSA) is 54.0 Å². The second-order valence-electron chi connectivity index (χ2n) is 4.38. The summed E-state index contributed by atoms with van der Waals surface area (Å²) in [6.45, 7) is 5.03. The van der Waals surface area contributed by atoms with E-state index in [4.69, 9.17) is 0 Å². The van der Waals surface area contributed by atoms with E-state index in [-0.39, 0.29) is 11.9 Å². The Morgan fingerprint density at radius 2 is 2.26 bits per heavy atom. The highest BCUT2D eigenvalue weighted by molar-refractivity contribution is 7.98. The standard InChI is InChI=1S/C14H23N3OS/c1-4-7-16-13-6-8-15-9-12(13)14(18)17-11(5-2)10-19-3/h6,8-9,11H,4-5,7,10H2,1-3H3,(H,15,16)(H,17,18). The van der Waals surface area contributed by atoms with Gasteiger partial charge in [0.15, 0.2) is 0 Å². The van der Waals surface area contributed by atoms with Gasteiger partial charge in [0.05, 0.1) is 11.3 Å². The van der Waals surface area contributed by atoms with Crippen LogP contribution in [0.3, 0.4) is 0 Å². The van der Waals surface area contributed by atoms with Crippen molar-refractivity contribution in [3.8, 4) is 0 Å². The number of carbonyl (C=O) groups is 1. The molecule has 19 heavy (non-hydrogen) atoms. The first-order chi connectivity index (χ1) is 9.22. The minimum atomic E-state index is -0.0485. The first-order valence-electron chi connectivity index (χ1n) is 6.70. The van der Waals surface area contributed by atoms with Gasteiger partial charge in [-0.25, -0.2) is 0 Å². The van der Waals surface area contributed by atoms with Crippen LogP contribution in [0.1, 0.15) is 37.0 Å². The molecule has 5 heteroatoms. The van der Waals surface area contributed by atoms with Crippen LogP contribution in [0.2, 0.25) is 0 Å². The molecule has 1 rings (SSSR count). The number of thioether (sulfide) groups is 1. The van der Waals surface area contributed by atoms with Crippen LogP contribution in [0.25, 0.3) is 0 Å². The fourth-order valence-corrected chi connectivity index (χ4v) is 2.44. The maximum absolute atomic E-state index is 12.3. The molecule has 0 bridgehead atoms. The molecule has 0 aliphatic rings. The molecular formula is C14H23N3OS. The molecule has 1 unspecified atom stereocenters. The third kappa shape index (κ3) is 5.11. The molecule has 0 aliphatic heterocycles. The molecule has 1 amide bonds. The number of amides is 1. The van der Waals surface area contributed by atoms with Gasteiger partial charge in [0, 0.05) is 30.7 Å². The summed E-state index contributed by atoms with van der Waals surface area (Å²) in [6, 6.07) is 2.06. The van der Waals surface area contributed by atoms with Crippen LogP contribution in [-0.2, 0) is 0 Å². The molecule has 0 saturated heterocycles. The number of carbonyl (C=O) groups excluding carboxylic acids is 1. The van der Waals surface area contributed by atoms with E-state index in [2.05, 4.69) is 29.5 Å². The molecule has 0 aromatic carbocycles. The molecule has 1 aromatic rings. The van der Waals surface area contributed by atoms with Crippen LogP contribution in [0, 0.1) is 0 Å². The van der Waals surface area contributed by atoms with Crippen LogP contribution in [0.4, 0.5) is 5.69 Å². The number of nitrogens with one attached hydrogen (secondary N) is 2. The summed E-state index contributed by atoms with van der Waals surface area (Å²) in [5.74, 6) is 0.882. The Labute approximate surface area is 119 Å². The molecule has 106 valence electrons. The van der Waals surface area contributed by atoms with Crippen molar-refractivity contribution in [3.05, 3.63) is 24.0 Å². The van der Waals surface area contributed by atoms with Crippen molar-refractivity contribution < 1.29 is 4.79 Å². The fraction of sp³-hybridized carbons (Fsp3) is 0.571. The van der Waals surface area contributed by atoms with Gasteiger partial charge in [-0.2, -0.15) is 11.8 Å². The van der Waals surface area contributed by atoms with Crippen molar-refractivity contribution >= 4 is 23.4 Å². The Bertz CT molecular complexity index is 398. The van der Waals surface area contributed by atoms with Crippen LogP contribution >= 0.6 is 11.8 Å². The van der Waals surface area contributed by atoms with Crippen molar-refractivity contribution in [3.63, 3.8) is 0 Å². The van der Waals surface area contributed by atoms with Gasteiger partial charge in [-0.1, -0.05) is 13.8 Å². The predicted molar refractivity (Wildman–Crippen MR) is 82.9 cm³/mol. The lowest BCUT2D eigenvalue weighted by molar-refractivity contribution is 0.0940. The van der Waals surface area contributed by atoms with Gasteiger partial charge in [0.2, 0.25) is 0 Å². The number of rotatable bonds is 8. The molecule has 4 nitrogen and oxygen atoms in total. The van der Waals surface area contributed by atoms with Crippen LogP contribution < -0.4 is 10.6 Å². The fourth-order valence-electron chi connectivity index (χ4n) is 1.72. The van der Waals surface area contributed by atoms with Crippen molar-refractivity contribution in [1.29, 1.82) is 0 Å². The van der Waals surface area contributed by atoms with Crippen molar-refractivity contribution in [2.75, 3.05) is 23.9 Å². The molecule has 1 atom stereocenters. The lowest BCUT2D eigenvalue weighted by Crippen LogP contribution is -2.36. The normalized spacial score (nSPS) is 11.9. The number of hydrogen-bond donors (Lipinski definition) is 2. The third-order valence-electron chi connectivity index (χ3n) is 2.83. The average molecular weight is 281 g/mol. The lowest BCUT2D eigenvalue weighted by Gasteiger charge is -2.17. The molecule has 0 aliphatic carbocycles. The minimum absolute atomic E-state index is 0.0485. The van der Waals surface area contributed by atoms with Crippen LogP contribution in [-0.4, -0.2) is 35.5 Å². The Kier molecular flexibility index (Phi) is 7.33. The average Bonchev–Trinajstić information content (AvgIpc) is 2.44. The predicted octanol–water partition coefficient (Wildman–Crippen LogP) is 2.77. The second kappa shape index (κ2) is 8.80. The highest BCUT2D eigenvalue weighted by Crippen LogP contribution is 2.14. The zero-order valence-electron chi connectivity index (χ0n) is 11.9. The molecular weight excluding hydrogens is 258 g/mol. The van der Waals surface area contributed by atoms with Gasteiger partial charge in [0.1, 0.15) is 0 Å². The first-order valence-corrected chi connectivity index (χ1v) is 8.09. The maximum atomic E-state index is 12.3. The Balaban J connectivity index is 2.75. The molecule has 1 aromatic heterocycles. The van der Waals surface area contributed by atoms with Gasteiger partial charge in [0.25, 0.3) is 5.91 Å². The van der Waals surface area contributed by atoms with E-state index in [0.717, 1.165) is 30.8 Å². The number of nitrogens with zero attached hydrogens (tertiary/aromatic N) is 1. The number of anilines is 1. The van der Waals surface area contributed by atoms with Gasteiger partial charge in [-0.3, -0.25) is 9.78 Å². The zero-order valence-corrected chi connectivity index (χ0v) is 12.7. The Morgan fingerprint density at radius 3 is 2.89 bits per heavy atom. The van der Waals surface area contributed by atoms with Crippen molar-refractivity contribution in [2.24, 2.45) is 0 Å². The van der Waals surface area contributed by atoms with E-state index >= 15 is 0 Å². The number of pyridine rings is 1. The summed E-state index contributed by atoms with van der Waals surface area (Å²) in [7, 11) is 0. The van der Waals surface area contributed by atoms with Gasteiger partial charge in [-0.05, 0) is 25.2 Å². The highest BCUT2D eigenvalue weighted by Gasteiger charge is 2.15.